The van der Waals surface area contributed by atoms with E-state index in [1.54, 1.807) is 0 Å². The molecule has 1 aromatic heterocycles. The molecule has 2 aliphatic carbocycles. The van der Waals surface area contributed by atoms with Crippen molar-refractivity contribution in [2.75, 3.05) is 13.2 Å². The van der Waals surface area contributed by atoms with Gasteiger partial charge in [0.25, 0.3) is 0 Å². The Bertz CT molecular complexity index is 502. The van der Waals surface area contributed by atoms with Gasteiger partial charge in [0, 0.05) is 25.3 Å². The van der Waals surface area contributed by atoms with E-state index < -0.39 is 0 Å². The van der Waals surface area contributed by atoms with Gasteiger partial charge in [-0.1, -0.05) is 12.8 Å². The molecule has 1 aromatic rings. The van der Waals surface area contributed by atoms with Gasteiger partial charge in [0.15, 0.2) is 0 Å². The summed E-state index contributed by atoms with van der Waals surface area (Å²) in [4.78, 5) is 2.56. The molecule has 0 amide bonds. The predicted molar refractivity (Wildman–Crippen MR) is 86.5 cm³/mol. The van der Waals surface area contributed by atoms with Gasteiger partial charge in [0.2, 0.25) is 0 Å². The van der Waals surface area contributed by atoms with Gasteiger partial charge in [0.1, 0.15) is 0 Å². The lowest BCUT2D eigenvalue weighted by Crippen LogP contribution is -2.49. The molecule has 2 heterocycles. The minimum Gasteiger partial charge on any atom is -0.395 e. The molecule has 1 unspecified atom stereocenters. The maximum absolute atomic E-state index is 9.79. The highest BCUT2D eigenvalue weighted by Gasteiger charge is 2.41. The second-order valence-electron chi connectivity index (χ2n) is 7.84. The van der Waals surface area contributed by atoms with Crippen molar-refractivity contribution >= 4 is 0 Å². The second kappa shape index (κ2) is 5.97. The molecule has 4 nitrogen and oxygen atoms in total. The van der Waals surface area contributed by atoms with Gasteiger partial charge in [-0.25, -0.2) is 0 Å². The summed E-state index contributed by atoms with van der Waals surface area (Å²) in [5.74, 6) is 0. The van der Waals surface area contributed by atoms with Crippen LogP contribution in [0.4, 0.5) is 0 Å². The highest BCUT2D eigenvalue weighted by molar-refractivity contribution is 5.05. The summed E-state index contributed by atoms with van der Waals surface area (Å²) in [5, 5.41) is 14.4. The van der Waals surface area contributed by atoms with E-state index >= 15 is 0 Å². The number of hydrogen-bond acceptors (Lipinski definition) is 3. The van der Waals surface area contributed by atoms with E-state index in [-0.39, 0.29) is 0 Å². The fraction of sp³-hybridized carbons (Fsp3) is 0.833. The Morgan fingerprint density at radius 1 is 1.14 bits per heavy atom. The molecule has 4 heteroatoms. The topological polar surface area (TPSA) is 41.3 Å². The van der Waals surface area contributed by atoms with Crippen LogP contribution >= 0.6 is 0 Å². The van der Waals surface area contributed by atoms with Crippen LogP contribution in [0, 0.1) is 5.41 Å². The minimum atomic E-state index is 0.299. The molecule has 3 aliphatic rings. The summed E-state index contributed by atoms with van der Waals surface area (Å²) in [7, 11) is 0. The number of aliphatic hydroxyl groups is 1. The third-order valence-electron chi connectivity index (χ3n) is 6.48. The lowest BCUT2D eigenvalue weighted by Gasteiger charge is -2.45. The number of likely N-dealkylation sites (tertiary alicyclic amines) is 1. The first kappa shape index (κ1) is 14.7. The van der Waals surface area contributed by atoms with Crippen molar-refractivity contribution in [1.82, 2.24) is 14.7 Å². The van der Waals surface area contributed by atoms with Crippen LogP contribution in [0.2, 0.25) is 0 Å². The standard InChI is InChI=1S/C18H29N3O/c22-13-17-6-10-18(8-1-2-9-18)14-20(17)12-16-7-11-19-21(16)15-4-3-5-15/h7,11,15,17,22H,1-6,8-10,12-14H2. The van der Waals surface area contributed by atoms with Crippen LogP contribution < -0.4 is 0 Å². The summed E-state index contributed by atoms with van der Waals surface area (Å²) in [6.45, 7) is 2.44. The van der Waals surface area contributed by atoms with Crippen molar-refractivity contribution in [3.8, 4) is 0 Å². The largest absolute Gasteiger partial charge is 0.395 e. The average molecular weight is 303 g/mol. The van der Waals surface area contributed by atoms with Gasteiger partial charge >= 0.3 is 0 Å². The fourth-order valence-electron chi connectivity index (χ4n) is 4.85. The molecule has 1 N–H and O–H groups in total. The zero-order chi connectivity index (χ0) is 15.0. The van der Waals surface area contributed by atoms with Gasteiger partial charge < -0.3 is 5.11 Å². The summed E-state index contributed by atoms with van der Waals surface area (Å²) >= 11 is 0. The molecule has 122 valence electrons. The molecule has 0 aromatic carbocycles. The first-order chi connectivity index (χ1) is 10.8. The lowest BCUT2D eigenvalue weighted by molar-refractivity contribution is 0.0105. The maximum Gasteiger partial charge on any atom is 0.0587 e. The Labute approximate surface area is 133 Å². The van der Waals surface area contributed by atoms with Crippen LogP contribution in [0.3, 0.4) is 0 Å². The highest BCUT2D eigenvalue weighted by Crippen LogP contribution is 2.46. The molecule has 0 bridgehead atoms. The molecular weight excluding hydrogens is 274 g/mol. The quantitative estimate of drug-likeness (QED) is 0.929. The third-order valence-corrected chi connectivity index (χ3v) is 6.48. The van der Waals surface area contributed by atoms with E-state index in [1.807, 2.05) is 6.20 Å². The zero-order valence-corrected chi connectivity index (χ0v) is 13.6. The van der Waals surface area contributed by atoms with Crippen LogP contribution in [0.15, 0.2) is 12.3 Å². The smallest absolute Gasteiger partial charge is 0.0587 e. The van der Waals surface area contributed by atoms with E-state index in [2.05, 4.69) is 20.7 Å². The van der Waals surface area contributed by atoms with Crippen LogP contribution in [-0.4, -0.2) is 39.0 Å². The minimum absolute atomic E-state index is 0.299. The third kappa shape index (κ3) is 2.61. The highest BCUT2D eigenvalue weighted by atomic mass is 16.3. The van der Waals surface area contributed by atoms with Gasteiger partial charge in [-0.3, -0.25) is 9.58 Å². The Hall–Kier alpha value is -0.870. The summed E-state index contributed by atoms with van der Waals surface area (Å²) in [5.41, 5.74) is 1.89. The number of aromatic nitrogens is 2. The van der Waals surface area contributed by atoms with E-state index in [0.717, 1.165) is 13.0 Å². The molecule has 2 saturated carbocycles. The van der Waals surface area contributed by atoms with Crippen LogP contribution in [0.25, 0.3) is 0 Å². The van der Waals surface area contributed by atoms with Gasteiger partial charge in [-0.15, -0.1) is 0 Å². The van der Waals surface area contributed by atoms with Crippen molar-refractivity contribution < 1.29 is 5.11 Å². The number of nitrogens with zero attached hydrogens (tertiary/aromatic N) is 3. The second-order valence-corrected chi connectivity index (χ2v) is 7.84. The van der Waals surface area contributed by atoms with Gasteiger partial charge in [-0.2, -0.15) is 5.10 Å². The molecule has 4 rings (SSSR count). The molecule has 1 aliphatic heterocycles. The molecule has 0 radical (unpaired) electrons. The summed E-state index contributed by atoms with van der Waals surface area (Å²) in [6, 6.07) is 3.15. The van der Waals surface area contributed by atoms with E-state index in [9.17, 15) is 5.11 Å². The summed E-state index contributed by atoms with van der Waals surface area (Å²) in [6.07, 6.45) is 13.9. The van der Waals surface area contributed by atoms with E-state index in [0.29, 0.717) is 24.1 Å². The van der Waals surface area contributed by atoms with Crippen LogP contribution in [0.5, 0.6) is 0 Å². The van der Waals surface area contributed by atoms with Crippen molar-refractivity contribution in [1.29, 1.82) is 0 Å². The maximum atomic E-state index is 9.79. The Balaban J connectivity index is 1.50. The molecule has 22 heavy (non-hydrogen) atoms. The number of aliphatic hydroxyl groups excluding tert-OH is 1. The first-order valence-electron chi connectivity index (χ1n) is 9.17. The van der Waals surface area contributed by atoms with E-state index in [1.165, 1.54) is 63.6 Å². The normalized spacial score (nSPS) is 29.0. The number of hydrogen-bond donors (Lipinski definition) is 1. The van der Waals surface area contributed by atoms with Crippen molar-refractivity contribution in [3.63, 3.8) is 0 Å². The Morgan fingerprint density at radius 3 is 2.64 bits per heavy atom. The molecule has 1 atom stereocenters. The number of piperidine rings is 1. The average Bonchev–Trinajstić information content (AvgIpc) is 3.09. The SMILES string of the molecule is OCC1CCC2(CCCC2)CN1Cc1ccnn1C1CCC1. The first-order valence-corrected chi connectivity index (χ1v) is 9.17. The Kier molecular flexibility index (Phi) is 3.99. The van der Waals surface area contributed by atoms with Gasteiger partial charge in [0.05, 0.1) is 18.3 Å². The summed E-state index contributed by atoms with van der Waals surface area (Å²) < 4.78 is 2.26. The molecule has 3 fully saturated rings. The van der Waals surface area contributed by atoms with Crippen LogP contribution in [-0.2, 0) is 6.54 Å². The molecular formula is C18H29N3O. The van der Waals surface area contributed by atoms with Crippen molar-refractivity contribution in [3.05, 3.63) is 18.0 Å². The molecule has 1 saturated heterocycles. The zero-order valence-electron chi connectivity index (χ0n) is 13.6. The Morgan fingerprint density at radius 2 is 1.95 bits per heavy atom. The molecule has 1 spiro atoms. The van der Waals surface area contributed by atoms with Gasteiger partial charge in [-0.05, 0) is 56.4 Å². The monoisotopic (exact) mass is 303 g/mol. The van der Waals surface area contributed by atoms with Crippen molar-refractivity contribution in [2.45, 2.75) is 76.4 Å². The van der Waals surface area contributed by atoms with E-state index in [4.69, 9.17) is 0 Å². The number of rotatable bonds is 4. The fourth-order valence-corrected chi connectivity index (χ4v) is 4.85. The predicted octanol–water partition coefficient (Wildman–Crippen LogP) is 3.13. The lowest BCUT2D eigenvalue weighted by atomic mass is 9.76. The van der Waals surface area contributed by atoms with Crippen molar-refractivity contribution in [2.24, 2.45) is 5.41 Å². The van der Waals surface area contributed by atoms with Crippen LogP contribution in [0.1, 0.15) is 69.5 Å².